The first-order valence-corrected chi connectivity index (χ1v) is 8.18. The minimum Gasteiger partial charge on any atom is -0.308 e. The smallest absolute Gasteiger partial charge is 0.0302 e. The number of hydrogen-bond donors (Lipinski definition) is 1. The van der Waals surface area contributed by atoms with Gasteiger partial charge in [0, 0.05) is 34.6 Å². The van der Waals surface area contributed by atoms with E-state index in [2.05, 4.69) is 49.1 Å². The molecule has 2 nitrogen and oxygen atoms in total. The van der Waals surface area contributed by atoms with E-state index in [1.54, 1.807) is 10.4 Å². The molecule has 0 radical (unpaired) electrons. The highest BCUT2D eigenvalue weighted by Gasteiger charge is 2.13. The first-order valence-electron chi connectivity index (χ1n) is 6.21. The summed E-state index contributed by atoms with van der Waals surface area (Å²) in [5.74, 6) is 2.52. The summed E-state index contributed by atoms with van der Waals surface area (Å²) in [4.78, 5) is 5.36. The Morgan fingerprint density at radius 1 is 1.47 bits per heavy atom. The molecule has 96 valence electrons. The van der Waals surface area contributed by atoms with E-state index in [1.165, 1.54) is 22.8 Å². The maximum Gasteiger partial charge on any atom is 0.0302 e. The molecule has 0 amide bonds. The largest absolute Gasteiger partial charge is 0.308 e. The molecule has 1 aliphatic rings. The molecule has 0 spiro atoms. The second kappa shape index (κ2) is 6.23. The van der Waals surface area contributed by atoms with Gasteiger partial charge in [-0.2, -0.15) is 11.8 Å². The van der Waals surface area contributed by atoms with Crippen molar-refractivity contribution >= 4 is 23.1 Å². The van der Waals surface area contributed by atoms with Crippen LogP contribution in [-0.2, 0) is 18.7 Å². The molecule has 4 heteroatoms. The summed E-state index contributed by atoms with van der Waals surface area (Å²) < 4.78 is 0. The van der Waals surface area contributed by atoms with Crippen molar-refractivity contribution < 1.29 is 0 Å². The van der Waals surface area contributed by atoms with E-state index < -0.39 is 0 Å². The van der Waals surface area contributed by atoms with Crippen LogP contribution in [0.2, 0.25) is 0 Å². The predicted molar refractivity (Wildman–Crippen MR) is 79.0 cm³/mol. The monoisotopic (exact) mass is 270 g/mol. The molecular weight excluding hydrogens is 248 g/mol. The van der Waals surface area contributed by atoms with Crippen LogP contribution in [0.25, 0.3) is 0 Å². The van der Waals surface area contributed by atoms with Crippen molar-refractivity contribution in [3.05, 3.63) is 21.4 Å². The maximum atomic E-state index is 3.60. The van der Waals surface area contributed by atoms with Crippen LogP contribution in [0.5, 0.6) is 0 Å². The van der Waals surface area contributed by atoms with Crippen molar-refractivity contribution in [2.75, 3.05) is 26.4 Å². The number of aryl methyl sites for hydroxylation is 1. The van der Waals surface area contributed by atoms with Crippen molar-refractivity contribution in [1.29, 1.82) is 0 Å². The lowest BCUT2D eigenvalue weighted by Gasteiger charge is -2.17. The lowest BCUT2D eigenvalue weighted by atomic mass is 10.2. The highest BCUT2D eigenvalue weighted by Crippen LogP contribution is 2.31. The lowest BCUT2D eigenvalue weighted by molar-refractivity contribution is 0.349. The van der Waals surface area contributed by atoms with E-state index in [9.17, 15) is 0 Å². The first kappa shape index (κ1) is 13.4. The molecule has 2 heterocycles. The molecule has 1 aromatic rings. The van der Waals surface area contributed by atoms with Crippen molar-refractivity contribution in [3.8, 4) is 0 Å². The molecule has 1 aliphatic heterocycles. The van der Waals surface area contributed by atoms with Gasteiger partial charge in [0.05, 0.1) is 0 Å². The van der Waals surface area contributed by atoms with Crippen LogP contribution < -0.4 is 5.32 Å². The summed E-state index contributed by atoms with van der Waals surface area (Å²) >= 11 is 4.07. The number of likely N-dealkylation sites (N-methyl/N-ethyl adjacent to an activating group) is 1. The second-order valence-electron chi connectivity index (χ2n) is 5.01. The Morgan fingerprint density at radius 3 is 3.00 bits per heavy atom. The van der Waals surface area contributed by atoms with Gasteiger partial charge in [-0.15, -0.1) is 11.3 Å². The summed E-state index contributed by atoms with van der Waals surface area (Å²) in [7, 11) is 4.25. The van der Waals surface area contributed by atoms with Gasteiger partial charge in [0.25, 0.3) is 0 Å². The Bertz CT molecular complexity index is 337. The van der Waals surface area contributed by atoms with Gasteiger partial charge >= 0.3 is 0 Å². The van der Waals surface area contributed by atoms with E-state index in [1.807, 2.05) is 11.3 Å². The zero-order chi connectivity index (χ0) is 12.3. The molecule has 1 aromatic heterocycles. The van der Waals surface area contributed by atoms with Crippen LogP contribution in [-0.4, -0.2) is 37.3 Å². The van der Waals surface area contributed by atoms with Crippen LogP contribution >= 0.6 is 23.1 Å². The van der Waals surface area contributed by atoms with E-state index >= 15 is 0 Å². The molecule has 0 saturated heterocycles. The third-order valence-corrected chi connectivity index (χ3v) is 5.19. The van der Waals surface area contributed by atoms with E-state index in [4.69, 9.17) is 0 Å². The molecular formula is C13H22N2S2. The molecule has 17 heavy (non-hydrogen) atoms. The summed E-state index contributed by atoms with van der Waals surface area (Å²) in [5, 5.41) is 3.60. The molecule has 1 unspecified atom stereocenters. The standard InChI is InChI=1S/C13H22N2S2/c1-10(8-15(2)3)14-7-12-6-11-9-16-5-4-13(11)17-12/h6,10,14H,4-5,7-9H2,1-3H3. The minimum absolute atomic E-state index is 0.554. The molecule has 0 aliphatic carbocycles. The van der Waals surface area contributed by atoms with Gasteiger partial charge in [0.1, 0.15) is 0 Å². The number of rotatable bonds is 5. The quantitative estimate of drug-likeness (QED) is 0.885. The van der Waals surface area contributed by atoms with Crippen LogP contribution in [0.4, 0.5) is 0 Å². The van der Waals surface area contributed by atoms with Crippen LogP contribution in [0.1, 0.15) is 22.2 Å². The van der Waals surface area contributed by atoms with Gasteiger partial charge in [-0.05, 0) is 44.8 Å². The number of fused-ring (bicyclic) bond motifs is 1. The molecule has 1 N–H and O–H groups in total. The number of nitrogens with zero attached hydrogens (tertiary/aromatic N) is 1. The summed E-state index contributed by atoms with van der Waals surface area (Å²) in [5.41, 5.74) is 1.59. The fourth-order valence-electron chi connectivity index (χ4n) is 2.18. The topological polar surface area (TPSA) is 15.3 Å². The fraction of sp³-hybridized carbons (Fsp3) is 0.692. The lowest BCUT2D eigenvalue weighted by Crippen LogP contribution is -2.35. The normalized spacial score (nSPS) is 17.2. The Balaban J connectivity index is 1.84. The zero-order valence-corrected chi connectivity index (χ0v) is 12.6. The third-order valence-electron chi connectivity index (χ3n) is 2.94. The predicted octanol–water partition coefficient (Wildman–Crippen LogP) is 2.58. The Labute approximate surface area is 113 Å². The van der Waals surface area contributed by atoms with E-state index in [-0.39, 0.29) is 0 Å². The Hall–Kier alpha value is -0.0300. The third kappa shape index (κ3) is 3.98. The van der Waals surface area contributed by atoms with Crippen molar-refractivity contribution in [2.45, 2.75) is 31.7 Å². The molecule has 2 rings (SSSR count). The van der Waals surface area contributed by atoms with Crippen molar-refractivity contribution in [1.82, 2.24) is 10.2 Å². The summed E-state index contributed by atoms with van der Waals surface area (Å²) in [6.07, 6.45) is 1.28. The first-order chi connectivity index (χ1) is 8.15. The molecule has 0 saturated carbocycles. The Kier molecular flexibility index (Phi) is 4.91. The summed E-state index contributed by atoms with van der Waals surface area (Å²) in [6, 6.07) is 2.96. The Morgan fingerprint density at radius 2 is 2.29 bits per heavy atom. The number of nitrogens with one attached hydrogen (secondary N) is 1. The molecule has 0 aromatic carbocycles. The zero-order valence-electron chi connectivity index (χ0n) is 11.0. The van der Waals surface area contributed by atoms with Gasteiger partial charge < -0.3 is 10.2 Å². The van der Waals surface area contributed by atoms with Crippen LogP contribution in [0, 0.1) is 0 Å². The average molecular weight is 270 g/mol. The molecule has 0 fully saturated rings. The van der Waals surface area contributed by atoms with Crippen molar-refractivity contribution in [3.63, 3.8) is 0 Å². The van der Waals surface area contributed by atoms with Gasteiger partial charge in [-0.25, -0.2) is 0 Å². The average Bonchev–Trinajstić information content (AvgIpc) is 2.68. The fourth-order valence-corrected chi connectivity index (χ4v) is 4.51. The van der Waals surface area contributed by atoms with Gasteiger partial charge in [0.2, 0.25) is 0 Å². The van der Waals surface area contributed by atoms with Gasteiger partial charge in [-0.1, -0.05) is 0 Å². The van der Waals surface area contributed by atoms with E-state index in [0.717, 1.165) is 13.1 Å². The van der Waals surface area contributed by atoms with Crippen LogP contribution in [0.15, 0.2) is 6.07 Å². The minimum atomic E-state index is 0.554. The molecule has 0 bridgehead atoms. The van der Waals surface area contributed by atoms with Crippen LogP contribution in [0.3, 0.4) is 0 Å². The maximum absolute atomic E-state index is 3.60. The number of thioether (sulfide) groups is 1. The number of hydrogen-bond acceptors (Lipinski definition) is 4. The number of thiophene rings is 1. The van der Waals surface area contributed by atoms with E-state index in [0.29, 0.717) is 6.04 Å². The summed E-state index contributed by atoms with van der Waals surface area (Å²) in [6.45, 7) is 4.38. The van der Waals surface area contributed by atoms with Gasteiger partial charge in [-0.3, -0.25) is 0 Å². The highest BCUT2D eigenvalue weighted by atomic mass is 32.2. The highest BCUT2D eigenvalue weighted by molar-refractivity contribution is 7.98. The second-order valence-corrected chi connectivity index (χ2v) is 7.33. The van der Waals surface area contributed by atoms with Gasteiger partial charge in [0.15, 0.2) is 0 Å². The van der Waals surface area contributed by atoms with Crippen molar-refractivity contribution in [2.24, 2.45) is 0 Å². The molecule has 1 atom stereocenters. The SMILES string of the molecule is CC(CN(C)C)NCc1cc2c(s1)CCSC2.